The van der Waals surface area contributed by atoms with Crippen molar-refractivity contribution in [3.63, 3.8) is 0 Å². The number of alkyl carbamates (subject to hydrolysis) is 1. The Labute approximate surface area is 90.7 Å². The highest BCUT2D eigenvalue weighted by atomic mass is 16.6. The van der Waals surface area contributed by atoms with Gasteiger partial charge in [-0.1, -0.05) is 0 Å². The second-order valence-electron chi connectivity index (χ2n) is 4.57. The van der Waals surface area contributed by atoms with E-state index in [-0.39, 0.29) is 6.09 Å². The first-order valence-electron chi connectivity index (χ1n) is 5.24. The fourth-order valence-electron chi connectivity index (χ4n) is 1.25. The minimum absolute atomic E-state index is 0.367. The number of amides is 1. The summed E-state index contributed by atoms with van der Waals surface area (Å²) in [6.45, 7) is 9.25. The molecule has 1 rings (SSSR count). The Morgan fingerprint density at radius 3 is 2.53 bits per heavy atom. The van der Waals surface area contributed by atoms with Gasteiger partial charge in [-0.3, -0.25) is 4.90 Å². The topological polar surface area (TPSA) is 50.8 Å². The van der Waals surface area contributed by atoms with Crippen LogP contribution in [-0.2, 0) is 9.47 Å². The van der Waals surface area contributed by atoms with Gasteiger partial charge in [0, 0.05) is 13.1 Å². The first-order chi connectivity index (χ1) is 6.97. The molecule has 0 atom stereocenters. The lowest BCUT2D eigenvalue weighted by atomic mass is 10.2. The van der Waals surface area contributed by atoms with Crippen LogP contribution in [0.5, 0.6) is 0 Å². The summed E-state index contributed by atoms with van der Waals surface area (Å²) in [6, 6.07) is 0. The number of ether oxygens (including phenoxy) is 2. The number of hydrogen-bond donors (Lipinski definition) is 1. The van der Waals surface area contributed by atoms with Gasteiger partial charge in [-0.25, -0.2) is 4.79 Å². The number of hydrogen-bond acceptors (Lipinski definition) is 4. The smallest absolute Gasteiger partial charge is 0.408 e. The molecule has 1 heterocycles. The SMILES string of the molecule is CC(C)(C)OC(=O)NCN1CCOCC1. The van der Waals surface area contributed by atoms with Crippen LogP contribution >= 0.6 is 0 Å². The highest BCUT2D eigenvalue weighted by molar-refractivity contribution is 5.67. The summed E-state index contributed by atoms with van der Waals surface area (Å²) >= 11 is 0. The molecule has 1 aliphatic heterocycles. The third-order valence-electron chi connectivity index (χ3n) is 1.95. The van der Waals surface area contributed by atoms with E-state index in [1.54, 1.807) is 0 Å². The summed E-state index contributed by atoms with van der Waals surface area (Å²) in [4.78, 5) is 13.4. The van der Waals surface area contributed by atoms with E-state index in [9.17, 15) is 4.79 Å². The van der Waals surface area contributed by atoms with Crippen LogP contribution in [0.25, 0.3) is 0 Å². The standard InChI is InChI=1S/C10H20N2O3/c1-10(2,3)15-9(13)11-8-12-4-6-14-7-5-12/h4-8H2,1-3H3,(H,11,13). The molecule has 88 valence electrons. The summed E-state index contributed by atoms with van der Waals surface area (Å²) in [7, 11) is 0. The molecule has 0 aromatic heterocycles. The monoisotopic (exact) mass is 216 g/mol. The van der Waals surface area contributed by atoms with Crippen LogP contribution in [0.15, 0.2) is 0 Å². The zero-order valence-electron chi connectivity index (χ0n) is 9.71. The number of nitrogens with one attached hydrogen (secondary N) is 1. The number of morpholine rings is 1. The molecule has 0 aromatic carbocycles. The fourth-order valence-corrected chi connectivity index (χ4v) is 1.25. The third-order valence-corrected chi connectivity index (χ3v) is 1.95. The summed E-state index contributed by atoms with van der Waals surface area (Å²) in [5.74, 6) is 0. The van der Waals surface area contributed by atoms with Crippen molar-refractivity contribution >= 4 is 6.09 Å². The molecule has 1 fully saturated rings. The van der Waals surface area contributed by atoms with E-state index < -0.39 is 5.60 Å². The average molecular weight is 216 g/mol. The Morgan fingerprint density at radius 1 is 1.40 bits per heavy atom. The minimum Gasteiger partial charge on any atom is -0.444 e. The van der Waals surface area contributed by atoms with Crippen LogP contribution in [0, 0.1) is 0 Å². The predicted molar refractivity (Wildman–Crippen MR) is 56.6 cm³/mol. The van der Waals surface area contributed by atoms with Crippen LogP contribution in [0.3, 0.4) is 0 Å². The highest BCUT2D eigenvalue weighted by Crippen LogP contribution is 2.06. The van der Waals surface area contributed by atoms with Gasteiger partial charge in [0.25, 0.3) is 0 Å². The van der Waals surface area contributed by atoms with E-state index >= 15 is 0 Å². The van der Waals surface area contributed by atoms with E-state index in [1.165, 1.54) is 0 Å². The molecule has 0 spiro atoms. The van der Waals surface area contributed by atoms with Crippen LogP contribution < -0.4 is 5.32 Å². The van der Waals surface area contributed by atoms with Gasteiger partial charge in [0.05, 0.1) is 19.9 Å². The lowest BCUT2D eigenvalue weighted by Crippen LogP contribution is -2.45. The van der Waals surface area contributed by atoms with Gasteiger partial charge < -0.3 is 14.8 Å². The van der Waals surface area contributed by atoms with Crippen LogP contribution in [0.1, 0.15) is 20.8 Å². The number of carbonyl (C=O) groups is 1. The van der Waals surface area contributed by atoms with Gasteiger partial charge in [0.1, 0.15) is 5.60 Å². The molecule has 0 bridgehead atoms. The molecular formula is C10H20N2O3. The minimum atomic E-state index is -0.435. The van der Waals surface area contributed by atoms with Gasteiger partial charge in [-0.2, -0.15) is 0 Å². The van der Waals surface area contributed by atoms with Crippen molar-refractivity contribution in [2.24, 2.45) is 0 Å². The van der Waals surface area contributed by atoms with Gasteiger partial charge in [-0.15, -0.1) is 0 Å². The van der Waals surface area contributed by atoms with Crippen LogP contribution in [-0.4, -0.2) is 49.6 Å². The number of carbonyl (C=O) groups excluding carboxylic acids is 1. The van der Waals surface area contributed by atoms with E-state index in [2.05, 4.69) is 10.2 Å². The Kier molecular flexibility index (Phi) is 4.35. The summed E-state index contributed by atoms with van der Waals surface area (Å²) in [5.41, 5.74) is -0.435. The van der Waals surface area contributed by atoms with E-state index in [0.29, 0.717) is 6.67 Å². The molecule has 15 heavy (non-hydrogen) atoms. The maximum atomic E-state index is 11.3. The molecule has 1 N–H and O–H groups in total. The molecule has 0 aliphatic carbocycles. The molecule has 1 aliphatic rings. The first kappa shape index (κ1) is 12.3. The van der Waals surface area contributed by atoms with E-state index in [0.717, 1.165) is 26.3 Å². The molecular weight excluding hydrogens is 196 g/mol. The average Bonchev–Trinajstić information content (AvgIpc) is 2.14. The normalized spacial score (nSPS) is 18.6. The van der Waals surface area contributed by atoms with Crippen LogP contribution in [0.4, 0.5) is 4.79 Å². The summed E-state index contributed by atoms with van der Waals surface area (Å²) < 4.78 is 10.3. The Hall–Kier alpha value is -0.810. The number of nitrogens with zero attached hydrogens (tertiary/aromatic N) is 1. The van der Waals surface area contributed by atoms with Crippen molar-refractivity contribution in [3.8, 4) is 0 Å². The quantitative estimate of drug-likeness (QED) is 0.742. The lowest BCUT2D eigenvalue weighted by Gasteiger charge is -2.27. The van der Waals surface area contributed by atoms with Crippen molar-refractivity contribution in [1.82, 2.24) is 10.2 Å². The van der Waals surface area contributed by atoms with Crippen molar-refractivity contribution in [2.45, 2.75) is 26.4 Å². The zero-order chi connectivity index (χ0) is 11.3. The Balaban J connectivity index is 2.15. The molecule has 0 saturated carbocycles. The van der Waals surface area contributed by atoms with Crippen molar-refractivity contribution in [2.75, 3.05) is 33.0 Å². The molecule has 0 aromatic rings. The van der Waals surface area contributed by atoms with Crippen molar-refractivity contribution in [1.29, 1.82) is 0 Å². The lowest BCUT2D eigenvalue weighted by molar-refractivity contribution is 0.0244. The van der Waals surface area contributed by atoms with Gasteiger partial charge in [0.2, 0.25) is 0 Å². The predicted octanol–water partition coefficient (Wildman–Crippen LogP) is 0.801. The van der Waals surface area contributed by atoms with Gasteiger partial charge in [0.15, 0.2) is 0 Å². The zero-order valence-corrected chi connectivity index (χ0v) is 9.71. The van der Waals surface area contributed by atoms with Crippen LogP contribution in [0.2, 0.25) is 0 Å². The molecule has 0 radical (unpaired) electrons. The molecule has 5 heteroatoms. The van der Waals surface area contributed by atoms with Gasteiger partial charge >= 0.3 is 6.09 Å². The van der Waals surface area contributed by atoms with E-state index in [1.807, 2.05) is 20.8 Å². The molecule has 5 nitrogen and oxygen atoms in total. The maximum Gasteiger partial charge on any atom is 0.408 e. The summed E-state index contributed by atoms with van der Waals surface area (Å²) in [5, 5.41) is 2.72. The second kappa shape index (κ2) is 5.32. The first-order valence-corrected chi connectivity index (χ1v) is 5.24. The van der Waals surface area contributed by atoms with Crippen molar-refractivity contribution in [3.05, 3.63) is 0 Å². The third kappa shape index (κ3) is 5.59. The fraction of sp³-hybridized carbons (Fsp3) is 0.900. The molecule has 0 unspecified atom stereocenters. The molecule has 1 amide bonds. The van der Waals surface area contributed by atoms with Crippen molar-refractivity contribution < 1.29 is 14.3 Å². The Bertz CT molecular complexity index is 207. The number of rotatable bonds is 2. The largest absolute Gasteiger partial charge is 0.444 e. The summed E-state index contributed by atoms with van der Waals surface area (Å²) in [6.07, 6.45) is -0.367. The second-order valence-corrected chi connectivity index (χ2v) is 4.57. The molecule has 1 saturated heterocycles. The Morgan fingerprint density at radius 2 is 2.00 bits per heavy atom. The maximum absolute atomic E-state index is 11.3. The highest BCUT2D eigenvalue weighted by Gasteiger charge is 2.17. The van der Waals surface area contributed by atoms with Gasteiger partial charge in [-0.05, 0) is 20.8 Å². The van der Waals surface area contributed by atoms with E-state index in [4.69, 9.17) is 9.47 Å².